The second-order valence-electron chi connectivity index (χ2n) is 6.78. The van der Waals surface area contributed by atoms with Crippen molar-refractivity contribution >= 4 is 17.7 Å². The van der Waals surface area contributed by atoms with Crippen molar-refractivity contribution in [2.75, 3.05) is 11.9 Å². The van der Waals surface area contributed by atoms with E-state index in [-0.39, 0.29) is 18.9 Å². The molecule has 0 fully saturated rings. The lowest BCUT2D eigenvalue weighted by molar-refractivity contribution is -0.136. The van der Waals surface area contributed by atoms with Crippen molar-refractivity contribution in [3.05, 3.63) is 99.8 Å². The van der Waals surface area contributed by atoms with Gasteiger partial charge in [0.05, 0.1) is 6.42 Å². The number of nitrogens with zero attached hydrogens (tertiary/aromatic N) is 1. The van der Waals surface area contributed by atoms with Crippen LogP contribution < -0.4 is 10.9 Å². The van der Waals surface area contributed by atoms with E-state index < -0.39 is 16.9 Å². The molecule has 0 saturated heterocycles. The lowest BCUT2D eigenvalue weighted by Gasteiger charge is -2.38. The molecule has 1 aliphatic rings. The first-order valence-electron chi connectivity index (χ1n) is 8.90. The van der Waals surface area contributed by atoms with Gasteiger partial charge in [-0.3, -0.25) is 14.4 Å². The lowest BCUT2D eigenvalue weighted by Crippen LogP contribution is -2.53. The van der Waals surface area contributed by atoms with E-state index in [4.69, 9.17) is 5.11 Å². The Balaban J connectivity index is 1.90. The maximum atomic E-state index is 13.7. The molecule has 140 valence electrons. The highest BCUT2D eigenvalue weighted by Gasteiger charge is 2.46. The summed E-state index contributed by atoms with van der Waals surface area (Å²) in [6.07, 6.45) is -0.0902. The molecule has 1 aromatic heterocycles. The maximum Gasteiger partial charge on any atom is 0.307 e. The summed E-state index contributed by atoms with van der Waals surface area (Å²) in [5.41, 5.74) is 0.624. The van der Waals surface area contributed by atoms with Gasteiger partial charge in [0.2, 0.25) is 0 Å². The number of carbonyl (C=O) groups excluding carboxylic acids is 1. The number of nitrogens with one attached hydrogen (secondary N) is 1. The molecule has 2 N–H and O–H groups in total. The Hall–Kier alpha value is -3.67. The van der Waals surface area contributed by atoms with Gasteiger partial charge in [0.15, 0.2) is 0 Å². The van der Waals surface area contributed by atoms with Crippen LogP contribution in [0.2, 0.25) is 0 Å². The van der Waals surface area contributed by atoms with E-state index in [0.717, 1.165) is 5.56 Å². The van der Waals surface area contributed by atoms with Crippen LogP contribution in [0.15, 0.2) is 77.6 Å². The summed E-state index contributed by atoms with van der Waals surface area (Å²) in [5, 5.41) is 12.2. The molecule has 1 aliphatic heterocycles. The van der Waals surface area contributed by atoms with E-state index in [2.05, 4.69) is 5.32 Å². The van der Waals surface area contributed by atoms with E-state index >= 15 is 0 Å². The van der Waals surface area contributed by atoms with Crippen LogP contribution in [-0.2, 0) is 16.6 Å². The number of carboxylic acids is 1. The van der Waals surface area contributed by atoms with Gasteiger partial charge < -0.3 is 10.4 Å². The van der Waals surface area contributed by atoms with Crippen molar-refractivity contribution < 1.29 is 14.7 Å². The van der Waals surface area contributed by atoms with Crippen molar-refractivity contribution in [1.82, 2.24) is 4.57 Å². The van der Waals surface area contributed by atoms with Gasteiger partial charge in [-0.15, -0.1) is 0 Å². The quantitative estimate of drug-likeness (QED) is 0.733. The third-order valence-electron chi connectivity index (χ3n) is 5.13. The first-order valence-corrected chi connectivity index (χ1v) is 8.90. The van der Waals surface area contributed by atoms with Gasteiger partial charge in [0.1, 0.15) is 11.2 Å². The monoisotopic (exact) mass is 374 g/mol. The first-order chi connectivity index (χ1) is 13.5. The molecule has 0 bridgehead atoms. The molecule has 3 aromatic rings. The topological polar surface area (TPSA) is 88.4 Å². The molecule has 1 unspecified atom stereocenters. The van der Waals surface area contributed by atoms with Crippen LogP contribution in [0.25, 0.3) is 0 Å². The van der Waals surface area contributed by atoms with E-state index in [1.807, 2.05) is 30.3 Å². The number of benzene rings is 2. The molecule has 28 heavy (non-hydrogen) atoms. The third-order valence-corrected chi connectivity index (χ3v) is 5.13. The van der Waals surface area contributed by atoms with Crippen LogP contribution >= 0.6 is 0 Å². The molecule has 2 aromatic carbocycles. The van der Waals surface area contributed by atoms with Crippen molar-refractivity contribution in [3.63, 3.8) is 0 Å². The zero-order valence-corrected chi connectivity index (χ0v) is 15.0. The number of aliphatic carboxylic acids is 1. The van der Waals surface area contributed by atoms with Crippen LogP contribution in [0.5, 0.6) is 0 Å². The van der Waals surface area contributed by atoms with E-state index in [1.165, 1.54) is 10.6 Å². The van der Waals surface area contributed by atoms with Gasteiger partial charge in [0, 0.05) is 12.6 Å². The summed E-state index contributed by atoms with van der Waals surface area (Å²) in [6.45, 7) is 0.289. The van der Waals surface area contributed by atoms with Gasteiger partial charge in [-0.25, -0.2) is 4.57 Å². The molecule has 0 radical (unpaired) electrons. The summed E-state index contributed by atoms with van der Waals surface area (Å²) in [6, 6.07) is 20.9. The highest BCUT2D eigenvalue weighted by molar-refractivity contribution is 5.98. The van der Waals surface area contributed by atoms with Crippen molar-refractivity contribution in [2.24, 2.45) is 0 Å². The van der Waals surface area contributed by atoms with Crippen LogP contribution in [-0.4, -0.2) is 28.1 Å². The second-order valence-corrected chi connectivity index (χ2v) is 6.78. The fourth-order valence-electron chi connectivity index (χ4n) is 3.75. The Morgan fingerprint density at radius 3 is 2.29 bits per heavy atom. The molecule has 6 heteroatoms. The summed E-state index contributed by atoms with van der Waals surface area (Å²) in [5.74, 6) is -0.781. The normalized spacial score (nSPS) is 18.2. The number of fused-ring (bicyclic) bond motifs is 1. The van der Waals surface area contributed by atoms with Crippen LogP contribution in [0.1, 0.15) is 21.5 Å². The predicted molar refractivity (Wildman–Crippen MR) is 105 cm³/mol. The summed E-state index contributed by atoms with van der Waals surface area (Å²) >= 11 is 0. The minimum absolute atomic E-state index is 0.0902. The van der Waals surface area contributed by atoms with E-state index in [1.54, 1.807) is 36.4 Å². The molecule has 6 nitrogen and oxygen atoms in total. The second kappa shape index (κ2) is 6.81. The Morgan fingerprint density at radius 1 is 0.929 bits per heavy atom. The van der Waals surface area contributed by atoms with Gasteiger partial charge in [-0.1, -0.05) is 60.7 Å². The minimum Gasteiger partial charge on any atom is -0.481 e. The highest BCUT2D eigenvalue weighted by Crippen LogP contribution is 2.37. The zero-order valence-electron chi connectivity index (χ0n) is 15.0. The largest absolute Gasteiger partial charge is 0.481 e. The molecule has 0 saturated carbocycles. The summed E-state index contributed by atoms with van der Waals surface area (Å²) in [7, 11) is 0. The average Bonchev–Trinajstić information content (AvgIpc) is 2.70. The third kappa shape index (κ3) is 2.79. The molecular weight excluding hydrogens is 356 g/mol. The molecule has 0 amide bonds. The number of carbonyl (C=O) groups is 2. The lowest BCUT2D eigenvalue weighted by atomic mass is 9.72. The van der Waals surface area contributed by atoms with E-state index in [9.17, 15) is 14.4 Å². The van der Waals surface area contributed by atoms with E-state index in [0.29, 0.717) is 16.9 Å². The summed E-state index contributed by atoms with van der Waals surface area (Å²) < 4.78 is 1.17. The van der Waals surface area contributed by atoms with Crippen molar-refractivity contribution in [2.45, 2.75) is 11.8 Å². The first kappa shape index (κ1) is 17.7. The highest BCUT2D eigenvalue weighted by atomic mass is 16.4. The smallest absolute Gasteiger partial charge is 0.307 e. The van der Waals surface area contributed by atoms with Crippen molar-refractivity contribution in [3.8, 4) is 0 Å². The number of carboxylic acid groups (broad SMARTS) is 1. The maximum absolute atomic E-state index is 13.7. The Kier molecular flexibility index (Phi) is 4.31. The number of anilines is 1. The Morgan fingerprint density at radius 2 is 1.61 bits per heavy atom. The predicted octanol–water partition coefficient (Wildman–Crippen LogP) is 2.53. The standard InChI is InChI=1S/C22H18N2O4/c25-19-8-4-7-18-23-14-22(21(28)24(18)19,16-5-2-1-3-6-16)17-11-9-15(10-12-17)13-20(26)27/h1-12,23H,13-14H2,(H,26,27). The number of hydrogen-bond donors (Lipinski definition) is 2. The SMILES string of the molecule is O=C(O)Cc1ccc(C2(c3ccccc3)CNc3cccc(=O)n3C2=O)cc1. The number of pyridine rings is 1. The summed E-state index contributed by atoms with van der Waals surface area (Å²) in [4.78, 5) is 37.1. The molecular formula is C22H18N2O4. The Labute approximate surface area is 161 Å². The molecule has 1 atom stereocenters. The average molecular weight is 374 g/mol. The van der Waals surface area contributed by atoms with Crippen LogP contribution in [0.3, 0.4) is 0 Å². The molecule has 0 aliphatic carbocycles. The van der Waals surface area contributed by atoms with Crippen LogP contribution in [0.4, 0.5) is 5.82 Å². The van der Waals surface area contributed by atoms with Gasteiger partial charge in [0.25, 0.3) is 11.5 Å². The van der Waals surface area contributed by atoms with Gasteiger partial charge in [-0.05, 0) is 22.8 Å². The zero-order chi connectivity index (χ0) is 19.7. The Bertz CT molecular complexity index is 1100. The molecule has 2 heterocycles. The molecule has 4 rings (SSSR count). The fraction of sp³-hybridized carbons (Fsp3) is 0.136. The number of hydrogen-bond acceptors (Lipinski definition) is 4. The fourth-order valence-corrected chi connectivity index (χ4v) is 3.75. The van der Waals surface area contributed by atoms with Crippen LogP contribution in [0, 0.1) is 0 Å². The van der Waals surface area contributed by atoms with Gasteiger partial charge in [-0.2, -0.15) is 0 Å². The number of rotatable bonds is 4. The van der Waals surface area contributed by atoms with Gasteiger partial charge >= 0.3 is 5.97 Å². The minimum atomic E-state index is -1.10. The molecule has 0 spiro atoms. The number of aromatic nitrogens is 1. The van der Waals surface area contributed by atoms with Crippen molar-refractivity contribution in [1.29, 1.82) is 0 Å².